The zero-order valence-corrected chi connectivity index (χ0v) is 17.4. The van der Waals surface area contributed by atoms with Crippen LogP contribution in [0.2, 0.25) is 0 Å². The van der Waals surface area contributed by atoms with Crippen LogP contribution in [-0.2, 0) is 11.0 Å². The third-order valence-electron chi connectivity index (χ3n) is 4.08. The average Bonchev–Trinajstić information content (AvgIpc) is 2.71. The van der Waals surface area contributed by atoms with E-state index in [0.717, 1.165) is 24.3 Å². The largest absolute Gasteiger partial charge is 0.460 e. The molecule has 0 saturated heterocycles. The number of benzene rings is 2. The van der Waals surface area contributed by atoms with Crippen molar-refractivity contribution in [2.24, 2.45) is 0 Å². The first-order valence-electron chi connectivity index (χ1n) is 8.86. The molecule has 2 aromatic rings. The molecule has 35 heavy (non-hydrogen) atoms. The number of carbonyl (C=O) groups is 1. The number of carbonyl (C=O) groups excluding carboxylic acids is 1. The molecule has 2 rings (SSSR count). The molecule has 1 amide bonds. The van der Waals surface area contributed by atoms with Crippen molar-refractivity contribution in [3.8, 4) is 0 Å². The number of hydrogen-bond donors (Lipinski definition) is 2. The standard InChI is InChI=1S/C18H11F10N3O3S/c19-15(20,21)9-5-6-10(12(7-9)31(33)34)29-8-14(32)30-11-3-1-2-4-13(11)35-18(27,28)16(22,23)17(24,25)26/h1-7,29H,8H2,(H,30,32). The highest BCUT2D eigenvalue weighted by Crippen LogP contribution is 2.54. The lowest BCUT2D eigenvalue weighted by Gasteiger charge is -2.28. The first-order chi connectivity index (χ1) is 15.9. The summed E-state index contributed by atoms with van der Waals surface area (Å²) < 4.78 is 129. The summed E-state index contributed by atoms with van der Waals surface area (Å²) >= 11 is -1.16. The lowest BCUT2D eigenvalue weighted by Crippen LogP contribution is -2.49. The number of nitrogens with zero attached hydrogens (tertiary/aromatic N) is 1. The summed E-state index contributed by atoms with van der Waals surface area (Å²) in [5.74, 6) is -7.55. The maximum atomic E-state index is 13.7. The van der Waals surface area contributed by atoms with Crippen LogP contribution in [0, 0.1) is 10.1 Å². The molecule has 0 saturated carbocycles. The van der Waals surface area contributed by atoms with Crippen LogP contribution in [0.5, 0.6) is 0 Å². The summed E-state index contributed by atoms with van der Waals surface area (Å²) in [6.07, 6.45) is -11.5. The second-order valence-corrected chi connectivity index (χ2v) is 7.73. The summed E-state index contributed by atoms with van der Waals surface area (Å²) in [7, 11) is 0. The maximum Gasteiger partial charge on any atom is 0.460 e. The van der Waals surface area contributed by atoms with Gasteiger partial charge < -0.3 is 10.6 Å². The van der Waals surface area contributed by atoms with Crippen LogP contribution in [-0.4, -0.2) is 34.7 Å². The van der Waals surface area contributed by atoms with Crippen molar-refractivity contribution < 1.29 is 53.6 Å². The van der Waals surface area contributed by atoms with Crippen LogP contribution >= 0.6 is 11.8 Å². The molecule has 192 valence electrons. The molecule has 0 aromatic heterocycles. The Morgan fingerprint density at radius 3 is 2.06 bits per heavy atom. The van der Waals surface area contributed by atoms with Gasteiger partial charge in [-0.15, -0.1) is 0 Å². The fourth-order valence-corrected chi connectivity index (χ4v) is 3.30. The fourth-order valence-electron chi connectivity index (χ4n) is 2.40. The fraction of sp³-hybridized carbons (Fsp3) is 0.278. The van der Waals surface area contributed by atoms with Gasteiger partial charge in [-0.1, -0.05) is 12.1 Å². The van der Waals surface area contributed by atoms with Gasteiger partial charge in [-0.25, -0.2) is 0 Å². The van der Waals surface area contributed by atoms with E-state index in [2.05, 4.69) is 5.32 Å². The molecule has 0 fully saturated rings. The van der Waals surface area contributed by atoms with Gasteiger partial charge in [-0.05, 0) is 36.0 Å². The predicted octanol–water partition coefficient (Wildman–Crippen LogP) is 6.55. The lowest BCUT2D eigenvalue weighted by molar-refractivity contribution is -0.384. The van der Waals surface area contributed by atoms with Crippen LogP contribution in [0.4, 0.5) is 61.0 Å². The minimum Gasteiger partial charge on any atom is -0.371 e. The predicted molar refractivity (Wildman–Crippen MR) is 103 cm³/mol. The molecular weight excluding hydrogens is 528 g/mol. The summed E-state index contributed by atoms with van der Waals surface area (Å²) in [4.78, 5) is 21.1. The van der Waals surface area contributed by atoms with E-state index in [0.29, 0.717) is 12.1 Å². The molecule has 2 aromatic carbocycles. The Morgan fingerprint density at radius 1 is 0.914 bits per heavy atom. The highest BCUT2D eigenvalue weighted by Gasteiger charge is 2.73. The summed E-state index contributed by atoms with van der Waals surface area (Å²) in [5, 5.41) is 9.49. The van der Waals surface area contributed by atoms with Crippen LogP contribution in [0.1, 0.15) is 5.56 Å². The number of para-hydroxylation sites is 1. The molecule has 0 atom stereocenters. The number of anilines is 2. The Bertz CT molecular complexity index is 1110. The number of rotatable bonds is 8. The Labute approximate surface area is 192 Å². The third kappa shape index (κ3) is 6.46. The number of nitro groups is 1. The molecule has 0 aliphatic heterocycles. The molecular formula is C18H11F10N3O3S. The first kappa shape index (κ1) is 28.0. The zero-order valence-electron chi connectivity index (χ0n) is 16.6. The van der Waals surface area contributed by atoms with Crippen molar-refractivity contribution in [3.05, 3.63) is 58.1 Å². The molecule has 0 radical (unpaired) electrons. The van der Waals surface area contributed by atoms with Gasteiger partial charge in [-0.3, -0.25) is 14.9 Å². The van der Waals surface area contributed by atoms with Crippen molar-refractivity contribution in [2.75, 3.05) is 17.2 Å². The van der Waals surface area contributed by atoms with E-state index in [9.17, 15) is 58.8 Å². The Hall–Kier alpha value is -3.24. The minimum absolute atomic E-state index is 0.203. The van der Waals surface area contributed by atoms with E-state index in [1.165, 1.54) is 0 Å². The lowest BCUT2D eigenvalue weighted by atomic mass is 10.1. The minimum atomic E-state index is -6.57. The smallest absolute Gasteiger partial charge is 0.371 e. The molecule has 0 bridgehead atoms. The van der Waals surface area contributed by atoms with Crippen molar-refractivity contribution >= 4 is 34.7 Å². The van der Waals surface area contributed by atoms with E-state index in [4.69, 9.17) is 0 Å². The van der Waals surface area contributed by atoms with Crippen LogP contribution in [0.25, 0.3) is 0 Å². The highest BCUT2D eigenvalue weighted by molar-refractivity contribution is 8.00. The number of halogens is 10. The summed E-state index contributed by atoms with van der Waals surface area (Å²) in [6.45, 7) is -0.875. The number of thioether (sulfide) groups is 1. The molecule has 2 N–H and O–H groups in total. The van der Waals surface area contributed by atoms with Gasteiger partial charge in [0.2, 0.25) is 5.91 Å². The molecule has 0 heterocycles. The number of alkyl halides is 10. The Morgan fingerprint density at radius 2 is 1.51 bits per heavy atom. The van der Waals surface area contributed by atoms with E-state index < -0.39 is 80.2 Å². The number of nitro benzene ring substituents is 1. The Balaban J connectivity index is 2.18. The van der Waals surface area contributed by atoms with Gasteiger partial charge in [0.15, 0.2) is 0 Å². The van der Waals surface area contributed by atoms with Crippen LogP contribution in [0.15, 0.2) is 47.4 Å². The van der Waals surface area contributed by atoms with Gasteiger partial charge >= 0.3 is 23.5 Å². The van der Waals surface area contributed by atoms with Crippen LogP contribution < -0.4 is 10.6 Å². The quantitative estimate of drug-likeness (QED) is 0.172. The van der Waals surface area contributed by atoms with E-state index >= 15 is 0 Å². The van der Waals surface area contributed by atoms with Gasteiger partial charge in [0.05, 0.1) is 22.7 Å². The van der Waals surface area contributed by atoms with Gasteiger partial charge in [-0.2, -0.15) is 43.9 Å². The van der Waals surface area contributed by atoms with E-state index in [-0.39, 0.29) is 6.07 Å². The normalized spacial score (nSPS) is 12.9. The average molecular weight is 539 g/mol. The maximum absolute atomic E-state index is 13.7. The number of nitrogens with one attached hydrogen (secondary N) is 2. The second kappa shape index (κ2) is 9.79. The number of hydrogen-bond acceptors (Lipinski definition) is 5. The molecule has 0 aliphatic carbocycles. The van der Waals surface area contributed by atoms with Gasteiger partial charge in [0, 0.05) is 11.0 Å². The van der Waals surface area contributed by atoms with Gasteiger partial charge in [0.25, 0.3) is 5.69 Å². The molecule has 0 aliphatic rings. The first-order valence-corrected chi connectivity index (χ1v) is 9.68. The SMILES string of the molecule is O=C(CNc1ccc(C(F)(F)F)cc1[N+](=O)[O-])Nc1ccccc1SC(F)(F)C(F)(F)C(F)(F)F. The van der Waals surface area contributed by atoms with E-state index in [1.54, 1.807) is 0 Å². The Kier molecular flexibility index (Phi) is 7.83. The topological polar surface area (TPSA) is 84.3 Å². The zero-order chi connectivity index (χ0) is 26.8. The second-order valence-electron chi connectivity index (χ2n) is 6.58. The monoisotopic (exact) mass is 539 g/mol. The summed E-state index contributed by atoms with van der Waals surface area (Å²) in [6, 6.07) is 5.14. The van der Waals surface area contributed by atoms with E-state index in [1.807, 2.05) is 5.32 Å². The molecule has 0 unspecified atom stereocenters. The van der Waals surface area contributed by atoms with Crippen LogP contribution in [0.3, 0.4) is 0 Å². The molecule has 17 heteroatoms. The number of amides is 1. The van der Waals surface area contributed by atoms with Crippen molar-refractivity contribution in [2.45, 2.75) is 28.4 Å². The van der Waals surface area contributed by atoms with Gasteiger partial charge in [0.1, 0.15) is 5.69 Å². The molecule has 6 nitrogen and oxygen atoms in total. The van der Waals surface area contributed by atoms with Crippen molar-refractivity contribution in [1.82, 2.24) is 0 Å². The van der Waals surface area contributed by atoms with Crippen molar-refractivity contribution in [3.63, 3.8) is 0 Å². The highest BCUT2D eigenvalue weighted by atomic mass is 32.2. The van der Waals surface area contributed by atoms with Crippen molar-refractivity contribution in [1.29, 1.82) is 0 Å². The summed E-state index contributed by atoms with van der Waals surface area (Å²) in [5.41, 5.74) is -3.50. The molecule has 0 spiro atoms. The third-order valence-corrected chi connectivity index (χ3v) is 5.17.